The van der Waals surface area contributed by atoms with E-state index < -0.39 is 10.7 Å². The van der Waals surface area contributed by atoms with Crippen LogP contribution in [-0.2, 0) is 0 Å². The maximum absolute atomic E-state index is 13.3. The highest BCUT2D eigenvalue weighted by atomic mass is 19.1. The highest BCUT2D eigenvalue weighted by Gasteiger charge is 2.10. The van der Waals surface area contributed by atoms with Gasteiger partial charge in [-0.15, -0.1) is 0 Å². The van der Waals surface area contributed by atoms with E-state index in [9.17, 15) is 14.5 Å². The van der Waals surface area contributed by atoms with Crippen LogP contribution in [0.4, 0.5) is 15.8 Å². The molecular weight excluding hydrogens is 249 g/mol. The maximum Gasteiger partial charge on any atom is 0.294 e. The number of hydrogen-bond donors (Lipinski definition) is 1. The van der Waals surface area contributed by atoms with Gasteiger partial charge in [0.1, 0.15) is 11.5 Å². The Bertz CT molecular complexity index is 629. The minimum atomic E-state index is -0.513. The second-order valence-corrected chi connectivity index (χ2v) is 3.67. The van der Waals surface area contributed by atoms with E-state index in [1.807, 2.05) is 0 Å². The molecule has 19 heavy (non-hydrogen) atoms. The van der Waals surface area contributed by atoms with E-state index in [2.05, 4.69) is 10.5 Å². The highest BCUT2D eigenvalue weighted by Crippen LogP contribution is 2.22. The molecule has 0 aliphatic rings. The Hall–Kier alpha value is -2.76. The van der Waals surface area contributed by atoms with Crippen LogP contribution in [-0.4, -0.2) is 11.1 Å². The lowest BCUT2D eigenvalue weighted by atomic mass is 10.2. The molecule has 96 valence electrons. The van der Waals surface area contributed by atoms with Crippen LogP contribution >= 0.6 is 0 Å². The third-order valence-electron chi connectivity index (χ3n) is 2.39. The lowest BCUT2D eigenvalue weighted by Crippen LogP contribution is -1.97. The van der Waals surface area contributed by atoms with Gasteiger partial charge in [-0.25, -0.2) is 4.39 Å². The zero-order valence-corrected chi connectivity index (χ0v) is 9.79. The Morgan fingerprint density at radius 2 is 1.84 bits per heavy atom. The maximum atomic E-state index is 13.3. The zero-order chi connectivity index (χ0) is 13.7. The Balaban J connectivity index is 2.15. The van der Waals surface area contributed by atoms with Gasteiger partial charge >= 0.3 is 0 Å². The fourth-order valence-corrected chi connectivity index (χ4v) is 1.48. The summed E-state index contributed by atoms with van der Waals surface area (Å²) in [6, 6.07) is 12.2. The number of halogens is 1. The number of hydrazone groups is 1. The molecule has 0 bridgehead atoms. The van der Waals surface area contributed by atoms with Gasteiger partial charge < -0.3 is 0 Å². The first-order chi connectivity index (χ1) is 9.18. The number of para-hydroxylation sites is 2. The van der Waals surface area contributed by atoms with Crippen LogP contribution in [0.2, 0.25) is 0 Å². The molecule has 0 amide bonds. The topological polar surface area (TPSA) is 67.5 Å². The quantitative estimate of drug-likeness (QED) is 0.521. The van der Waals surface area contributed by atoms with Gasteiger partial charge in [0.15, 0.2) is 0 Å². The van der Waals surface area contributed by atoms with Crippen molar-refractivity contribution >= 4 is 17.6 Å². The predicted molar refractivity (Wildman–Crippen MR) is 70.7 cm³/mol. The van der Waals surface area contributed by atoms with Crippen LogP contribution in [0.3, 0.4) is 0 Å². The summed E-state index contributed by atoms with van der Waals surface area (Å²) in [6.07, 6.45) is 1.27. The van der Waals surface area contributed by atoms with Gasteiger partial charge in [0.25, 0.3) is 5.69 Å². The second-order valence-electron chi connectivity index (χ2n) is 3.67. The summed E-state index contributed by atoms with van der Waals surface area (Å²) in [4.78, 5) is 10.2. The average molecular weight is 259 g/mol. The molecule has 0 spiro atoms. The van der Waals surface area contributed by atoms with Gasteiger partial charge in [-0.1, -0.05) is 30.3 Å². The van der Waals surface area contributed by atoms with Crippen molar-refractivity contribution in [2.24, 2.45) is 5.10 Å². The fraction of sp³-hybridized carbons (Fsp3) is 0. The van der Waals surface area contributed by atoms with E-state index in [1.165, 1.54) is 24.4 Å². The minimum Gasteiger partial charge on any atom is -0.272 e. The number of nitro benzene ring substituents is 1. The van der Waals surface area contributed by atoms with E-state index in [1.54, 1.807) is 30.3 Å². The van der Waals surface area contributed by atoms with Gasteiger partial charge in [0.05, 0.1) is 11.1 Å². The lowest BCUT2D eigenvalue weighted by molar-refractivity contribution is -0.384. The summed E-state index contributed by atoms with van der Waals surface area (Å²) in [5.41, 5.74) is 2.99. The standard InChI is InChI=1S/C13H10FN3O2/c14-11-6-2-1-5-10(11)9-15-16-12-7-3-4-8-13(12)17(18)19/h1-9,16H/b15-9+. The van der Waals surface area contributed by atoms with Crippen molar-refractivity contribution in [3.8, 4) is 0 Å². The molecule has 0 heterocycles. The molecule has 0 atom stereocenters. The number of nitro groups is 1. The lowest BCUT2D eigenvalue weighted by Gasteiger charge is -2.01. The molecular formula is C13H10FN3O2. The third-order valence-corrected chi connectivity index (χ3v) is 2.39. The monoisotopic (exact) mass is 259 g/mol. The molecule has 0 aliphatic heterocycles. The van der Waals surface area contributed by atoms with E-state index in [0.29, 0.717) is 5.56 Å². The van der Waals surface area contributed by atoms with Crippen molar-refractivity contribution in [3.63, 3.8) is 0 Å². The van der Waals surface area contributed by atoms with Crippen LogP contribution < -0.4 is 5.43 Å². The van der Waals surface area contributed by atoms with Gasteiger partial charge in [-0.2, -0.15) is 5.10 Å². The Morgan fingerprint density at radius 3 is 2.58 bits per heavy atom. The second kappa shape index (κ2) is 5.72. The van der Waals surface area contributed by atoms with Crippen molar-refractivity contribution in [1.29, 1.82) is 0 Å². The van der Waals surface area contributed by atoms with Crippen LogP contribution in [0.25, 0.3) is 0 Å². The van der Waals surface area contributed by atoms with Crippen LogP contribution in [0.15, 0.2) is 53.6 Å². The molecule has 0 saturated heterocycles. The first kappa shape index (κ1) is 12.7. The fourth-order valence-electron chi connectivity index (χ4n) is 1.48. The number of benzene rings is 2. The molecule has 0 fully saturated rings. The molecule has 0 radical (unpaired) electrons. The first-order valence-electron chi connectivity index (χ1n) is 5.45. The molecule has 0 saturated carbocycles. The van der Waals surface area contributed by atoms with Crippen LogP contribution in [0.5, 0.6) is 0 Å². The van der Waals surface area contributed by atoms with E-state index >= 15 is 0 Å². The van der Waals surface area contributed by atoms with Crippen molar-refractivity contribution in [1.82, 2.24) is 0 Å². The molecule has 0 aliphatic carbocycles. The van der Waals surface area contributed by atoms with Crippen LogP contribution in [0.1, 0.15) is 5.56 Å². The van der Waals surface area contributed by atoms with Gasteiger partial charge in [0, 0.05) is 11.6 Å². The van der Waals surface area contributed by atoms with Gasteiger partial charge in [-0.05, 0) is 12.1 Å². The highest BCUT2D eigenvalue weighted by molar-refractivity contribution is 5.80. The van der Waals surface area contributed by atoms with E-state index in [-0.39, 0.29) is 11.4 Å². The summed E-state index contributed by atoms with van der Waals surface area (Å²) in [6.45, 7) is 0. The molecule has 2 aromatic rings. The number of anilines is 1. The Labute approximate surface area is 108 Å². The molecule has 0 unspecified atom stereocenters. The first-order valence-corrected chi connectivity index (χ1v) is 5.45. The molecule has 0 aromatic heterocycles. The average Bonchev–Trinajstić information content (AvgIpc) is 2.41. The number of nitrogens with zero attached hydrogens (tertiary/aromatic N) is 2. The van der Waals surface area contributed by atoms with E-state index in [0.717, 1.165) is 0 Å². The van der Waals surface area contributed by atoms with Crippen LogP contribution in [0, 0.1) is 15.9 Å². The van der Waals surface area contributed by atoms with E-state index in [4.69, 9.17) is 0 Å². The normalized spacial score (nSPS) is 10.6. The van der Waals surface area contributed by atoms with Gasteiger partial charge in [-0.3, -0.25) is 15.5 Å². The molecule has 2 aromatic carbocycles. The predicted octanol–water partition coefficient (Wildman–Crippen LogP) is 3.18. The molecule has 6 heteroatoms. The minimum absolute atomic E-state index is 0.0896. The number of nitrogens with one attached hydrogen (secondary N) is 1. The third kappa shape index (κ3) is 3.12. The summed E-state index contributed by atoms with van der Waals surface area (Å²) < 4.78 is 13.3. The summed E-state index contributed by atoms with van der Waals surface area (Å²) in [5, 5.41) is 14.6. The smallest absolute Gasteiger partial charge is 0.272 e. The Kier molecular flexibility index (Phi) is 3.82. The summed E-state index contributed by atoms with van der Waals surface area (Å²) >= 11 is 0. The SMILES string of the molecule is O=[N+]([O-])c1ccccc1N/N=C/c1ccccc1F. The summed E-state index contributed by atoms with van der Waals surface area (Å²) in [7, 11) is 0. The van der Waals surface area contributed by atoms with Crippen molar-refractivity contribution in [3.05, 3.63) is 70.0 Å². The summed E-state index contributed by atoms with van der Waals surface area (Å²) in [5.74, 6) is -0.407. The van der Waals surface area contributed by atoms with Crippen molar-refractivity contribution < 1.29 is 9.31 Å². The number of rotatable bonds is 4. The zero-order valence-electron chi connectivity index (χ0n) is 9.79. The molecule has 1 N–H and O–H groups in total. The molecule has 5 nitrogen and oxygen atoms in total. The van der Waals surface area contributed by atoms with Gasteiger partial charge in [0.2, 0.25) is 0 Å². The van der Waals surface area contributed by atoms with Crippen molar-refractivity contribution in [2.75, 3.05) is 5.43 Å². The largest absolute Gasteiger partial charge is 0.294 e. The Morgan fingerprint density at radius 1 is 1.16 bits per heavy atom. The van der Waals surface area contributed by atoms with Crippen molar-refractivity contribution in [2.45, 2.75) is 0 Å². The number of hydrogen-bond acceptors (Lipinski definition) is 4. The molecule has 2 rings (SSSR count).